The number of hydrogen-bond donors (Lipinski definition) is 2. The van der Waals surface area contributed by atoms with Crippen molar-refractivity contribution in [1.82, 2.24) is 9.54 Å². The van der Waals surface area contributed by atoms with Crippen molar-refractivity contribution >= 4 is 46.7 Å². The fourth-order valence-corrected chi connectivity index (χ4v) is 3.81. The van der Waals surface area contributed by atoms with Crippen LogP contribution in [0.4, 0.5) is 14.5 Å². The second-order valence-corrected chi connectivity index (χ2v) is 6.64. The van der Waals surface area contributed by atoms with Crippen molar-refractivity contribution in [1.29, 1.82) is 0 Å². The molecule has 1 aliphatic rings. The summed E-state index contributed by atoms with van der Waals surface area (Å²) in [5.74, 6) is -0.723. The van der Waals surface area contributed by atoms with E-state index in [0.29, 0.717) is 22.0 Å². The van der Waals surface area contributed by atoms with E-state index in [4.69, 9.17) is 23.4 Å². The molecule has 122 valence electrons. The molecule has 3 atom stereocenters. The highest BCUT2D eigenvalue weighted by Gasteiger charge is 2.53. The first-order valence-electron chi connectivity index (χ1n) is 6.15. The Morgan fingerprint density at radius 2 is 2.05 bits per heavy atom. The van der Waals surface area contributed by atoms with Crippen molar-refractivity contribution in [2.75, 3.05) is 12.4 Å². The van der Waals surface area contributed by atoms with Gasteiger partial charge in [0.05, 0.1) is 0 Å². The van der Waals surface area contributed by atoms with Crippen LogP contribution in [0.3, 0.4) is 0 Å². The topological polar surface area (TPSA) is 55.8 Å². The molecule has 2 N–H and O–H groups in total. The number of carbonyl (C=O) groups is 1. The van der Waals surface area contributed by atoms with Gasteiger partial charge in [-0.05, 0) is 35.5 Å². The standard InChI is InChI=1S/C12H13Cl2F2N3O2S/c1-18-10(22-11(19(18)14)12(13,15)16)8(20)9(21)17-7-5-3-2-4-6-7/h2-6,8,10-11,20H,1H3,(H,17,21). The third-order valence-electron chi connectivity index (χ3n) is 2.99. The molecule has 10 heteroatoms. The van der Waals surface area contributed by atoms with Gasteiger partial charge in [-0.3, -0.25) is 4.79 Å². The van der Waals surface area contributed by atoms with Crippen LogP contribution in [0, 0.1) is 0 Å². The number of thioether (sulfide) groups is 1. The monoisotopic (exact) mass is 371 g/mol. The second-order valence-electron chi connectivity index (χ2n) is 4.58. The van der Waals surface area contributed by atoms with Crippen LogP contribution in [0.2, 0.25) is 0 Å². The number of carbonyl (C=O) groups excluding carboxylic acids is 1. The summed E-state index contributed by atoms with van der Waals surface area (Å²) >= 11 is 11.3. The van der Waals surface area contributed by atoms with Gasteiger partial charge in [0.25, 0.3) is 5.91 Å². The van der Waals surface area contributed by atoms with E-state index in [1.807, 2.05) is 0 Å². The lowest BCUT2D eigenvalue weighted by Crippen LogP contribution is -2.46. The molecule has 22 heavy (non-hydrogen) atoms. The summed E-state index contributed by atoms with van der Waals surface area (Å²) in [6.45, 7) is 0. The van der Waals surface area contributed by atoms with Gasteiger partial charge in [-0.25, -0.2) is 5.01 Å². The molecular formula is C12H13Cl2F2N3O2S. The number of nitrogens with one attached hydrogen (secondary N) is 1. The fraction of sp³-hybridized carbons (Fsp3) is 0.417. The average Bonchev–Trinajstić information content (AvgIpc) is 2.75. The third-order valence-corrected chi connectivity index (χ3v) is 5.47. The predicted molar refractivity (Wildman–Crippen MR) is 82.5 cm³/mol. The molecule has 0 radical (unpaired) electrons. The predicted octanol–water partition coefficient (Wildman–Crippen LogP) is 2.52. The first-order valence-corrected chi connectivity index (χ1v) is 7.81. The number of aliphatic hydroxyl groups is 1. The highest BCUT2D eigenvalue weighted by molar-refractivity contribution is 8.00. The normalized spacial score (nSPS) is 25.2. The molecular weight excluding hydrogens is 359 g/mol. The number of benzene rings is 1. The van der Waals surface area contributed by atoms with Crippen LogP contribution in [0.5, 0.6) is 0 Å². The average molecular weight is 372 g/mol. The van der Waals surface area contributed by atoms with Crippen molar-refractivity contribution in [2.45, 2.75) is 22.2 Å². The largest absolute Gasteiger partial charge is 0.381 e. The Kier molecular flexibility index (Phi) is 5.52. The van der Waals surface area contributed by atoms with Crippen molar-refractivity contribution in [3.05, 3.63) is 30.3 Å². The van der Waals surface area contributed by atoms with Crippen LogP contribution in [0.15, 0.2) is 30.3 Å². The minimum Gasteiger partial charge on any atom is -0.381 e. The summed E-state index contributed by atoms with van der Waals surface area (Å²) in [5.41, 5.74) is 0.485. The zero-order valence-corrected chi connectivity index (χ0v) is 13.6. The summed E-state index contributed by atoms with van der Waals surface area (Å²) in [7, 11) is 1.38. The number of hydrazine groups is 1. The van der Waals surface area contributed by atoms with Crippen molar-refractivity contribution < 1.29 is 18.7 Å². The first kappa shape index (κ1) is 17.7. The Bertz CT molecular complexity index is 535. The number of halogens is 4. The number of hydrogen-bond acceptors (Lipinski definition) is 5. The molecule has 2 rings (SSSR count). The SMILES string of the molecule is CN1C(C(O)C(=O)Nc2ccccc2)SC(C(F)(F)Cl)N1Cl. The van der Waals surface area contributed by atoms with Crippen molar-refractivity contribution in [2.24, 2.45) is 0 Å². The molecule has 3 unspecified atom stereocenters. The van der Waals surface area contributed by atoms with Gasteiger partial charge in [0, 0.05) is 12.7 Å². The minimum atomic E-state index is -3.61. The zero-order chi connectivity index (χ0) is 16.5. The molecule has 1 fully saturated rings. The maximum absolute atomic E-state index is 13.2. The molecule has 0 saturated carbocycles. The Labute approximate surface area is 140 Å². The number of para-hydroxylation sites is 1. The second kappa shape index (κ2) is 6.86. The number of anilines is 1. The molecule has 1 aromatic rings. The van der Waals surface area contributed by atoms with Crippen molar-refractivity contribution in [3.63, 3.8) is 0 Å². The molecule has 0 spiro atoms. The Morgan fingerprint density at radius 3 is 2.55 bits per heavy atom. The van der Waals surface area contributed by atoms with Gasteiger partial charge < -0.3 is 10.4 Å². The van der Waals surface area contributed by atoms with E-state index in [2.05, 4.69) is 5.32 Å². The summed E-state index contributed by atoms with van der Waals surface area (Å²) in [5, 5.41) is 7.55. The van der Waals surface area contributed by atoms with Gasteiger partial charge >= 0.3 is 5.38 Å². The summed E-state index contributed by atoms with van der Waals surface area (Å²) in [4.78, 5) is 12.0. The smallest absolute Gasteiger partial charge is 0.348 e. The first-order chi connectivity index (χ1) is 10.2. The van der Waals surface area contributed by atoms with Gasteiger partial charge in [-0.2, -0.15) is 8.78 Å². The van der Waals surface area contributed by atoms with E-state index in [1.54, 1.807) is 30.3 Å². The maximum Gasteiger partial charge on any atom is 0.348 e. The molecule has 5 nitrogen and oxygen atoms in total. The third kappa shape index (κ3) is 3.81. The quantitative estimate of drug-likeness (QED) is 0.629. The number of amides is 1. The molecule has 1 aliphatic heterocycles. The zero-order valence-electron chi connectivity index (χ0n) is 11.3. The minimum absolute atomic E-state index is 0.485. The molecule has 0 aliphatic carbocycles. The van der Waals surface area contributed by atoms with Crippen LogP contribution in [-0.4, -0.2) is 49.8 Å². The van der Waals surface area contributed by atoms with Gasteiger partial charge in [0.15, 0.2) is 11.5 Å². The van der Waals surface area contributed by atoms with Crippen molar-refractivity contribution in [3.8, 4) is 0 Å². The number of nitrogens with zero attached hydrogens (tertiary/aromatic N) is 2. The van der Waals surface area contributed by atoms with E-state index < -0.39 is 28.1 Å². The maximum atomic E-state index is 13.2. The lowest BCUT2D eigenvalue weighted by atomic mass is 10.2. The highest BCUT2D eigenvalue weighted by atomic mass is 35.5. The van der Waals surface area contributed by atoms with Crippen LogP contribution < -0.4 is 5.32 Å². The van der Waals surface area contributed by atoms with Gasteiger partial charge in [0.1, 0.15) is 5.37 Å². The summed E-state index contributed by atoms with van der Waals surface area (Å²) in [6, 6.07) is 8.47. The Balaban J connectivity index is 2.06. The van der Waals surface area contributed by atoms with Gasteiger partial charge in [0.2, 0.25) is 0 Å². The van der Waals surface area contributed by atoms with E-state index >= 15 is 0 Å². The number of rotatable bonds is 4. The fourth-order valence-electron chi connectivity index (χ4n) is 1.89. The van der Waals surface area contributed by atoms with E-state index in [0.717, 1.165) is 5.01 Å². The van der Waals surface area contributed by atoms with Crippen LogP contribution in [0.1, 0.15) is 0 Å². The van der Waals surface area contributed by atoms with Crippen LogP contribution in [-0.2, 0) is 4.79 Å². The number of aliphatic hydroxyl groups excluding tert-OH is 1. The molecule has 1 aromatic carbocycles. The van der Waals surface area contributed by atoms with Crippen LogP contribution in [0.25, 0.3) is 0 Å². The van der Waals surface area contributed by atoms with Gasteiger partial charge in [-0.15, -0.1) is 16.3 Å². The number of likely N-dealkylation sites (N-methyl/N-ethyl adjacent to an activating group) is 1. The van der Waals surface area contributed by atoms with E-state index in [1.165, 1.54) is 7.05 Å². The lowest BCUT2D eigenvalue weighted by Gasteiger charge is -2.26. The molecule has 1 heterocycles. The molecule has 1 saturated heterocycles. The lowest BCUT2D eigenvalue weighted by molar-refractivity contribution is -0.127. The van der Waals surface area contributed by atoms with E-state index in [-0.39, 0.29) is 0 Å². The Hall–Kier alpha value is -0.640. The highest BCUT2D eigenvalue weighted by Crippen LogP contribution is 2.45. The van der Waals surface area contributed by atoms with Gasteiger partial charge in [-0.1, -0.05) is 18.2 Å². The number of alkyl halides is 3. The summed E-state index contributed by atoms with van der Waals surface area (Å²) in [6.07, 6.45) is -1.57. The Morgan fingerprint density at radius 1 is 1.45 bits per heavy atom. The molecule has 1 amide bonds. The van der Waals surface area contributed by atoms with Crippen LogP contribution >= 0.6 is 35.1 Å². The van der Waals surface area contributed by atoms with E-state index in [9.17, 15) is 18.7 Å². The molecule has 0 aromatic heterocycles. The summed E-state index contributed by atoms with van der Waals surface area (Å²) < 4.78 is 27.2. The molecule has 0 bridgehead atoms.